The molecule has 5 nitrogen and oxygen atoms in total. The average Bonchev–Trinajstić information content (AvgIpc) is 3.02. The van der Waals surface area contributed by atoms with E-state index in [1.165, 1.54) is 0 Å². The first-order valence-electron chi connectivity index (χ1n) is 7.91. The zero-order valence-corrected chi connectivity index (χ0v) is 14.1. The second kappa shape index (κ2) is 6.83. The summed E-state index contributed by atoms with van der Waals surface area (Å²) in [6.07, 6.45) is 1.88. The van der Waals surface area contributed by atoms with Crippen molar-refractivity contribution < 1.29 is 23.7 Å². The van der Waals surface area contributed by atoms with Crippen molar-refractivity contribution in [3.8, 4) is 23.0 Å². The van der Waals surface area contributed by atoms with Gasteiger partial charge in [-0.1, -0.05) is 23.9 Å². The van der Waals surface area contributed by atoms with Crippen LogP contribution in [-0.4, -0.2) is 26.8 Å². The molecule has 4 rings (SSSR count). The van der Waals surface area contributed by atoms with Crippen molar-refractivity contribution in [2.75, 3.05) is 20.3 Å². The maximum atomic E-state index is 5.98. The van der Waals surface area contributed by atoms with Crippen LogP contribution in [0.5, 0.6) is 23.0 Å². The van der Waals surface area contributed by atoms with Crippen molar-refractivity contribution in [1.29, 1.82) is 0 Å². The molecule has 1 atom stereocenters. The minimum absolute atomic E-state index is 0.639. The molecule has 24 heavy (non-hydrogen) atoms. The zero-order valence-electron chi connectivity index (χ0n) is 13.3. The number of para-hydroxylation sites is 1. The van der Waals surface area contributed by atoms with E-state index in [2.05, 4.69) is 0 Å². The Balaban J connectivity index is 1.77. The van der Waals surface area contributed by atoms with Crippen molar-refractivity contribution in [3.63, 3.8) is 0 Å². The molecule has 0 fully saturated rings. The summed E-state index contributed by atoms with van der Waals surface area (Å²) >= 11 is 1.56. The Morgan fingerprint density at radius 2 is 1.67 bits per heavy atom. The minimum atomic E-state index is -0.725. The summed E-state index contributed by atoms with van der Waals surface area (Å²) in [5, 5.41) is 0. The molecule has 0 bridgehead atoms. The number of rotatable bonds is 1. The van der Waals surface area contributed by atoms with E-state index in [1.54, 1.807) is 18.9 Å². The summed E-state index contributed by atoms with van der Waals surface area (Å²) in [7, 11) is 1.55. The van der Waals surface area contributed by atoms with E-state index in [0.29, 0.717) is 24.7 Å². The third-order valence-electron chi connectivity index (χ3n) is 3.78. The van der Waals surface area contributed by atoms with Gasteiger partial charge in [0, 0.05) is 7.11 Å². The second-order valence-electron chi connectivity index (χ2n) is 5.43. The third-order valence-corrected chi connectivity index (χ3v) is 4.93. The van der Waals surface area contributed by atoms with Crippen LogP contribution in [0.3, 0.4) is 0 Å². The predicted octanol–water partition coefficient (Wildman–Crippen LogP) is 4.09. The molecule has 0 saturated carbocycles. The molecule has 0 aromatic heterocycles. The first kappa shape index (κ1) is 15.5. The molecule has 126 valence electrons. The van der Waals surface area contributed by atoms with Gasteiger partial charge in [-0.2, -0.15) is 0 Å². The van der Waals surface area contributed by atoms with Crippen LogP contribution in [-0.2, 0) is 4.74 Å². The average molecular weight is 346 g/mol. The maximum absolute atomic E-state index is 5.98. The molecule has 0 amide bonds. The lowest BCUT2D eigenvalue weighted by Gasteiger charge is -2.14. The lowest BCUT2D eigenvalue weighted by Crippen LogP contribution is -2.19. The van der Waals surface area contributed by atoms with Crippen LogP contribution in [0, 0.1) is 0 Å². The highest BCUT2D eigenvalue weighted by atomic mass is 32.2. The Hall–Kier alpha value is -2.05. The first-order chi connectivity index (χ1) is 11.8. The van der Waals surface area contributed by atoms with E-state index in [0.717, 1.165) is 34.1 Å². The summed E-state index contributed by atoms with van der Waals surface area (Å²) in [6.45, 7) is 0.596. The molecule has 0 saturated heterocycles. The van der Waals surface area contributed by atoms with Gasteiger partial charge in [0.1, 0.15) is 16.4 Å². The van der Waals surface area contributed by atoms with Crippen molar-refractivity contribution >= 4 is 11.8 Å². The Labute approximate surface area is 144 Å². The molecule has 1 unspecified atom stereocenters. The Bertz CT molecular complexity index is 733. The minimum Gasteiger partial charge on any atom is -0.492 e. The van der Waals surface area contributed by atoms with E-state index < -0.39 is 6.48 Å². The van der Waals surface area contributed by atoms with Gasteiger partial charge in [-0.15, -0.1) is 0 Å². The molecule has 0 spiro atoms. The summed E-state index contributed by atoms with van der Waals surface area (Å²) in [4.78, 5) is 1.90. The van der Waals surface area contributed by atoms with Gasteiger partial charge in [0.2, 0.25) is 0 Å². The fraction of sp³-hybridized carbons (Fsp3) is 0.333. The normalized spacial score (nSPS) is 19.3. The highest BCUT2D eigenvalue weighted by Crippen LogP contribution is 2.51. The molecule has 2 aromatic carbocycles. The molecule has 2 aliphatic heterocycles. The molecule has 2 aliphatic rings. The maximum Gasteiger partial charge on any atom is 0.360 e. The fourth-order valence-electron chi connectivity index (χ4n) is 2.59. The molecular weight excluding hydrogens is 328 g/mol. The lowest BCUT2D eigenvalue weighted by atomic mass is 10.3. The standard InChI is InChI=1S/C18H18O5S/c1-19-18-22-13-8-9-14-17(16(13)23-18)24-15-7-3-2-6-12(15)20-10-4-5-11-21-14/h2-3,6-9,18H,4-5,10-11H2,1H3. The van der Waals surface area contributed by atoms with Crippen molar-refractivity contribution in [1.82, 2.24) is 0 Å². The van der Waals surface area contributed by atoms with Gasteiger partial charge in [-0.25, -0.2) is 0 Å². The van der Waals surface area contributed by atoms with Crippen LogP contribution in [0.15, 0.2) is 46.2 Å². The van der Waals surface area contributed by atoms with E-state index >= 15 is 0 Å². The van der Waals surface area contributed by atoms with Gasteiger partial charge < -0.3 is 23.7 Å². The van der Waals surface area contributed by atoms with E-state index in [1.807, 2.05) is 36.4 Å². The number of benzene rings is 2. The van der Waals surface area contributed by atoms with Gasteiger partial charge in [0.25, 0.3) is 0 Å². The highest BCUT2D eigenvalue weighted by molar-refractivity contribution is 7.99. The van der Waals surface area contributed by atoms with Crippen LogP contribution in [0.25, 0.3) is 0 Å². The Morgan fingerprint density at radius 3 is 2.50 bits per heavy atom. The van der Waals surface area contributed by atoms with Gasteiger partial charge >= 0.3 is 6.48 Å². The molecule has 0 N–H and O–H groups in total. The van der Waals surface area contributed by atoms with Gasteiger partial charge in [0.05, 0.1) is 18.1 Å². The molecule has 0 radical (unpaired) electrons. The summed E-state index contributed by atoms with van der Waals surface area (Å²) in [5.74, 6) is 2.97. The number of fused-ring (bicyclic) bond motifs is 4. The summed E-state index contributed by atoms with van der Waals surface area (Å²) in [6, 6.07) is 11.8. The largest absolute Gasteiger partial charge is 0.492 e. The molecule has 2 aromatic rings. The van der Waals surface area contributed by atoms with Crippen LogP contribution in [0.4, 0.5) is 0 Å². The smallest absolute Gasteiger partial charge is 0.360 e. The Morgan fingerprint density at radius 1 is 0.917 bits per heavy atom. The van der Waals surface area contributed by atoms with Gasteiger partial charge in [-0.05, 0) is 37.1 Å². The van der Waals surface area contributed by atoms with Gasteiger partial charge in [0.15, 0.2) is 11.5 Å². The number of methoxy groups -OCH3 is 1. The van der Waals surface area contributed by atoms with Crippen LogP contribution >= 0.6 is 11.8 Å². The third kappa shape index (κ3) is 2.99. The first-order valence-corrected chi connectivity index (χ1v) is 8.72. The number of hydrogen-bond acceptors (Lipinski definition) is 6. The van der Waals surface area contributed by atoms with E-state index in [9.17, 15) is 0 Å². The fourth-order valence-corrected chi connectivity index (χ4v) is 3.66. The monoisotopic (exact) mass is 346 g/mol. The summed E-state index contributed by atoms with van der Waals surface area (Å²) in [5.41, 5.74) is 0. The Kier molecular flexibility index (Phi) is 4.40. The lowest BCUT2D eigenvalue weighted by molar-refractivity contribution is -0.158. The SMILES string of the molecule is COC1Oc2ccc3c(c2O1)Sc1ccccc1OCCCCO3. The molecule has 2 heterocycles. The highest BCUT2D eigenvalue weighted by Gasteiger charge is 2.30. The van der Waals surface area contributed by atoms with Crippen LogP contribution in [0.2, 0.25) is 0 Å². The number of ether oxygens (including phenoxy) is 5. The number of hydrogen-bond donors (Lipinski definition) is 0. The molecule has 6 heteroatoms. The molecular formula is C18H18O5S. The quantitative estimate of drug-likeness (QED) is 0.775. The van der Waals surface area contributed by atoms with Crippen LogP contribution < -0.4 is 18.9 Å². The van der Waals surface area contributed by atoms with E-state index in [4.69, 9.17) is 23.7 Å². The van der Waals surface area contributed by atoms with Gasteiger partial charge in [-0.3, -0.25) is 0 Å². The van der Waals surface area contributed by atoms with Crippen molar-refractivity contribution in [3.05, 3.63) is 36.4 Å². The van der Waals surface area contributed by atoms with Crippen LogP contribution in [0.1, 0.15) is 12.8 Å². The second-order valence-corrected chi connectivity index (χ2v) is 6.49. The van der Waals surface area contributed by atoms with E-state index in [-0.39, 0.29) is 0 Å². The topological polar surface area (TPSA) is 46.2 Å². The zero-order chi connectivity index (χ0) is 16.4. The molecule has 0 aliphatic carbocycles. The van der Waals surface area contributed by atoms with Crippen molar-refractivity contribution in [2.24, 2.45) is 0 Å². The van der Waals surface area contributed by atoms with Crippen molar-refractivity contribution in [2.45, 2.75) is 29.1 Å². The predicted molar refractivity (Wildman–Crippen MR) is 89.3 cm³/mol. The summed E-state index contributed by atoms with van der Waals surface area (Å²) < 4.78 is 28.5.